The van der Waals surface area contributed by atoms with Gasteiger partial charge in [-0.25, -0.2) is 10.9 Å². The molecule has 1 aromatic rings. The SMILES string of the molecule is CCOc1ccc(CC(=O)N(N)C(N)=S)c(OCC)c1. The Morgan fingerprint density at radius 1 is 1.30 bits per heavy atom. The number of amides is 1. The van der Waals surface area contributed by atoms with Gasteiger partial charge in [-0.2, -0.15) is 0 Å². The van der Waals surface area contributed by atoms with Crippen LogP contribution in [0.4, 0.5) is 0 Å². The van der Waals surface area contributed by atoms with Crippen LogP contribution in [0.15, 0.2) is 18.2 Å². The summed E-state index contributed by atoms with van der Waals surface area (Å²) in [5.41, 5.74) is 6.01. The van der Waals surface area contributed by atoms with E-state index < -0.39 is 5.91 Å². The molecule has 0 aliphatic carbocycles. The van der Waals surface area contributed by atoms with Gasteiger partial charge in [-0.1, -0.05) is 6.07 Å². The molecule has 0 spiro atoms. The molecule has 1 rings (SSSR count). The topological polar surface area (TPSA) is 90.8 Å². The van der Waals surface area contributed by atoms with Crippen molar-refractivity contribution in [2.24, 2.45) is 11.6 Å². The van der Waals surface area contributed by atoms with Crippen molar-refractivity contribution < 1.29 is 14.3 Å². The van der Waals surface area contributed by atoms with Gasteiger partial charge in [-0.15, -0.1) is 0 Å². The first-order valence-corrected chi connectivity index (χ1v) is 6.66. The lowest BCUT2D eigenvalue weighted by Crippen LogP contribution is -2.46. The molecule has 0 unspecified atom stereocenters. The number of hydrogen-bond donors (Lipinski definition) is 2. The number of ether oxygens (including phenoxy) is 2. The number of thiocarbonyl (C=S) groups is 1. The minimum absolute atomic E-state index is 0.0512. The fourth-order valence-corrected chi connectivity index (χ4v) is 1.70. The van der Waals surface area contributed by atoms with E-state index >= 15 is 0 Å². The third-order valence-corrected chi connectivity index (χ3v) is 2.69. The molecule has 0 heterocycles. The highest BCUT2D eigenvalue weighted by Gasteiger charge is 2.16. The summed E-state index contributed by atoms with van der Waals surface area (Å²) in [6, 6.07) is 5.29. The summed E-state index contributed by atoms with van der Waals surface area (Å²) in [6.07, 6.45) is 0.0512. The molecule has 110 valence electrons. The molecular formula is C13H19N3O3S. The highest BCUT2D eigenvalue weighted by Crippen LogP contribution is 2.25. The van der Waals surface area contributed by atoms with Crippen LogP contribution in [0.1, 0.15) is 19.4 Å². The van der Waals surface area contributed by atoms with E-state index in [0.29, 0.717) is 30.3 Å². The van der Waals surface area contributed by atoms with Crippen molar-refractivity contribution in [2.75, 3.05) is 13.2 Å². The molecule has 0 saturated heterocycles. The standard InChI is InChI=1S/C13H19N3O3S/c1-3-18-10-6-5-9(11(8-10)19-4-2)7-12(17)16(15)13(14)20/h5-6,8H,3-4,7,15H2,1-2H3,(H2,14,20). The molecule has 0 aromatic heterocycles. The third-order valence-electron chi connectivity index (χ3n) is 2.50. The molecule has 0 saturated carbocycles. The summed E-state index contributed by atoms with van der Waals surface area (Å²) >= 11 is 4.66. The quantitative estimate of drug-likeness (QED) is 0.352. The maximum absolute atomic E-state index is 11.9. The number of carbonyl (C=O) groups excluding carboxylic acids is 1. The summed E-state index contributed by atoms with van der Waals surface area (Å²) in [5.74, 6) is 6.33. The van der Waals surface area contributed by atoms with Gasteiger partial charge >= 0.3 is 0 Å². The average Bonchev–Trinajstić information content (AvgIpc) is 2.41. The molecule has 1 aromatic carbocycles. The number of nitrogens with two attached hydrogens (primary N) is 2. The van der Waals surface area contributed by atoms with E-state index in [0.717, 1.165) is 5.01 Å². The van der Waals surface area contributed by atoms with Crippen LogP contribution in [-0.4, -0.2) is 29.2 Å². The second-order valence-corrected chi connectivity index (χ2v) is 4.33. The van der Waals surface area contributed by atoms with Crippen LogP contribution < -0.4 is 21.1 Å². The van der Waals surface area contributed by atoms with E-state index in [1.54, 1.807) is 18.2 Å². The first-order valence-electron chi connectivity index (χ1n) is 6.25. The summed E-state index contributed by atoms with van der Waals surface area (Å²) in [6.45, 7) is 4.80. The lowest BCUT2D eigenvalue weighted by atomic mass is 10.1. The highest BCUT2D eigenvalue weighted by molar-refractivity contribution is 7.80. The monoisotopic (exact) mass is 297 g/mol. The second kappa shape index (κ2) is 7.66. The molecule has 0 aliphatic heterocycles. The van der Waals surface area contributed by atoms with E-state index in [1.165, 1.54) is 0 Å². The Morgan fingerprint density at radius 2 is 1.95 bits per heavy atom. The first-order chi connectivity index (χ1) is 9.49. The molecule has 0 bridgehead atoms. The number of nitrogens with zero attached hydrogens (tertiary/aromatic N) is 1. The Hall–Kier alpha value is -1.86. The van der Waals surface area contributed by atoms with Crippen LogP contribution in [0, 0.1) is 0 Å². The molecular weight excluding hydrogens is 278 g/mol. The molecule has 7 heteroatoms. The van der Waals surface area contributed by atoms with Crippen molar-refractivity contribution in [1.82, 2.24) is 5.01 Å². The zero-order valence-corrected chi connectivity index (χ0v) is 12.4. The van der Waals surface area contributed by atoms with Crippen molar-refractivity contribution in [1.29, 1.82) is 0 Å². The number of hydrazine groups is 1. The molecule has 6 nitrogen and oxygen atoms in total. The van der Waals surface area contributed by atoms with Crippen LogP contribution in [0.3, 0.4) is 0 Å². The number of hydrogen-bond acceptors (Lipinski definition) is 5. The van der Waals surface area contributed by atoms with E-state index in [9.17, 15) is 4.79 Å². The van der Waals surface area contributed by atoms with E-state index in [4.69, 9.17) is 21.1 Å². The summed E-state index contributed by atoms with van der Waals surface area (Å²) in [7, 11) is 0. The predicted molar refractivity (Wildman–Crippen MR) is 80.3 cm³/mol. The maximum atomic E-state index is 11.9. The van der Waals surface area contributed by atoms with Crippen LogP contribution in [0.2, 0.25) is 0 Å². The van der Waals surface area contributed by atoms with E-state index in [1.807, 2.05) is 13.8 Å². The van der Waals surface area contributed by atoms with Crippen molar-refractivity contribution in [2.45, 2.75) is 20.3 Å². The maximum Gasteiger partial charge on any atom is 0.247 e. The van der Waals surface area contributed by atoms with Gasteiger partial charge in [0, 0.05) is 11.6 Å². The molecule has 0 radical (unpaired) electrons. The fourth-order valence-electron chi connectivity index (χ4n) is 1.60. The Labute approximate surface area is 123 Å². The normalized spacial score (nSPS) is 9.95. The number of carbonyl (C=O) groups is 1. The Kier molecular flexibility index (Phi) is 6.20. The third kappa shape index (κ3) is 4.36. The van der Waals surface area contributed by atoms with E-state index in [-0.39, 0.29) is 11.5 Å². The minimum Gasteiger partial charge on any atom is -0.494 e. The number of rotatable bonds is 6. The summed E-state index contributed by atoms with van der Waals surface area (Å²) in [4.78, 5) is 11.9. The largest absolute Gasteiger partial charge is 0.494 e. The lowest BCUT2D eigenvalue weighted by Gasteiger charge is -2.16. The van der Waals surface area contributed by atoms with E-state index in [2.05, 4.69) is 12.2 Å². The van der Waals surface area contributed by atoms with Crippen molar-refractivity contribution >= 4 is 23.2 Å². The molecule has 0 aliphatic rings. The highest BCUT2D eigenvalue weighted by atomic mass is 32.1. The van der Waals surface area contributed by atoms with Gasteiger partial charge in [-0.3, -0.25) is 4.79 Å². The van der Waals surface area contributed by atoms with Crippen LogP contribution in [0.5, 0.6) is 11.5 Å². The lowest BCUT2D eigenvalue weighted by molar-refractivity contribution is -0.126. The zero-order chi connectivity index (χ0) is 15.1. The molecule has 0 atom stereocenters. The van der Waals surface area contributed by atoms with Crippen LogP contribution in [0.25, 0.3) is 0 Å². The van der Waals surface area contributed by atoms with Gasteiger partial charge < -0.3 is 15.2 Å². The van der Waals surface area contributed by atoms with Crippen LogP contribution >= 0.6 is 12.2 Å². The van der Waals surface area contributed by atoms with Gasteiger partial charge in [0.2, 0.25) is 5.91 Å². The first kappa shape index (κ1) is 16.2. The smallest absolute Gasteiger partial charge is 0.247 e. The Balaban J connectivity index is 2.93. The Bertz CT molecular complexity index is 494. The summed E-state index contributed by atoms with van der Waals surface area (Å²) in [5, 5.41) is 0.584. The second-order valence-electron chi connectivity index (χ2n) is 3.91. The number of benzene rings is 1. The van der Waals surface area contributed by atoms with Gasteiger partial charge in [0.25, 0.3) is 0 Å². The van der Waals surface area contributed by atoms with Gasteiger partial charge in [-0.05, 0) is 32.1 Å². The molecule has 20 heavy (non-hydrogen) atoms. The van der Waals surface area contributed by atoms with Gasteiger partial charge in [0.15, 0.2) is 5.11 Å². The van der Waals surface area contributed by atoms with Gasteiger partial charge in [0.05, 0.1) is 19.6 Å². The fraction of sp³-hybridized carbons (Fsp3) is 0.385. The van der Waals surface area contributed by atoms with Crippen molar-refractivity contribution in [3.05, 3.63) is 23.8 Å². The van der Waals surface area contributed by atoms with Crippen molar-refractivity contribution in [3.63, 3.8) is 0 Å². The van der Waals surface area contributed by atoms with Crippen LogP contribution in [-0.2, 0) is 11.2 Å². The van der Waals surface area contributed by atoms with Gasteiger partial charge in [0.1, 0.15) is 11.5 Å². The Morgan fingerprint density at radius 3 is 2.50 bits per heavy atom. The molecule has 1 amide bonds. The molecule has 4 N–H and O–H groups in total. The minimum atomic E-state index is -0.400. The average molecular weight is 297 g/mol. The summed E-state index contributed by atoms with van der Waals surface area (Å²) < 4.78 is 10.9. The van der Waals surface area contributed by atoms with Crippen molar-refractivity contribution in [3.8, 4) is 11.5 Å². The zero-order valence-electron chi connectivity index (χ0n) is 11.6. The predicted octanol–water partition coefficient (Wildman–Crippen LogP) is 0.972. The molecule has 0 fully saturated rings.